The monoisotopic (exact) mass is 406 g/mol. The average molecular weight is 407 g/mol. The van der Waals surface area contributed by atoms with E-state index in [0.717, 1.165) is 40.5 Å². The minimum atomic E-state index is -0.0238. The summed E-state index contributed by atoms with van der Waals surface area (Å²) in [6.45, 7) is 5.96. The molecule has 2 heterocycles. The van der Waals surface area contributed by atoms with Gasteiger partial charge in [-0.25, -0.2) is 4.98 Å². The van der Waals surface area contributed by atoms with Gasteiger partial charge in [-0.1, -0.05) is 60.2 Å². The normalized spacial score (nSPS) is 16.1. The zero-order chi connectivity index (χ0) is 20.2. The molecular formula is C24H26N2O2S. The Kier molecular flexibility index (Phi) is 6.07. The van der Waals surface area contributed by atoms with Gasteiger partial charge in [-0.15, -0.1) is 11.3 Å². The SMILES string of the molecule is Cc1ccc(CN(CC2CCCO2)C(=O)c2nc(C)sc2-c2ccccc2)cc1. The van der Waals surface area contributed by atoms with Gasteiger partial charge >= 0.3 is 0 Å². The van der Waals surface area contributed by atoms with Crippen molar-refractivity contribution in [3.05, 3.63) is 76.4 Å². The molecule has 5 heteroatoms. The van der Waals surface area contributed by atoms with E-state index in [0.29, 0.717) is 18.8 Å². The topological polar surface area (TPSA) is 42.4 Å². The van der Waals surface area contributed by atoms with Gasteiger partial charge in [0.25, 0.3) is 5.91 Å². The zero-order valence-electron chi connectivity index (χ0n) is 16.9. The van der Waals surface area contributed by atoms with Crippen molar-refractivity contribution < 1.29 is 9.53 Å². The molecule has 0 N–H and O–H groups in total. The van der Waals surface area contributed by atoms with Crippen molar-refractivity contribution >= 4 is 17.2 Å². The molecule has 150 valence electrons. The fourth-order valence-corrected chi connectivity index (χ4v) is 4.59. The third kappa shape index (κ3) is 4.74. The molecule has 1 atom stereocenters. The molecule has 4 nitrogen and oxygen atoms in total. The number of benzene rings is 2. The summed E-state index contributed by atoms with van der Waals surface area (Å²) in [6.07, 6.45) is 2.16. The molecule has 1 saturated heterocycles. The molecule has 1 unspecified atom stereocenters. The first-order chi connectivity index (χ1) is 14.1. The number of aryl methyl sites for hydroxylation is 2. The van der Waals surface area contributed by atoms with Crippen molar-refractivity contribution in [3.63, 3.8) is 0 Å². The van der Waals surface area contributed by atoms with Gasteiger partial charge < -0.3 is 9.64 Å². The number of hydrogen-bond acceptors (Lipinski definition) is 4. The molecular weight excluding hydrogens is 380 g/mol. The summed E-state index contributed by atoms with van der Waals surface area (Å²) in [5.41, 5.74) is 3.92. The summed E-state index contributed by atoms with van der Waals surface area (Å²) in [5.74, 6) is -0.0238. The van der Waals surface area contributed by atoms with Crippen molar-refractivity contribution in [2.24, 2.45) is 0 Å². The van der Waals surface area contributed by atoms with E-state index < -0.39 is 0 Å². The maximum absolute atomic E-state index is 13.6. The number of rotatable bonds is 6. The highest BCUT2D eigenvalue weighted by Crippen LogP contribution is 2.31. The molecule has 0 bridgehead atoms. The van der Waals surface area contributed by atoms with Gasteiger partial charge in [0.15, 0.2) is 0 Å². The van der Waals surface area contributed by atoms with Crippen molar-refractivity contribution in [2.45, 2.75) is 39.3 Å². The lowest BCUT2D eigenvalue weighted by molar-refractivity contribution is 0.0504. The number of carbonyl (C=O) groups is 1. The molecule has 0 saturated carbocycles. The summed E-state index contributed by atoms with van der Waals surface area (Å²) in [4.78, 5) is 21.1. The first-order valence-electron chi connectivity index (χ1n) is 10.1. The Hall–Kier alpha value is -2.50. The van der Waals surface area contributed by atoms with Crippen LogP contribution >= 0.6 is 11.3 Å². The molecule has 0 aliphatic carbocycles. The van der Waals surface area contributed by atoms with E-state index in [9.17, 15) is 4.79 Å². The van der Waals surface area contributed by atoms with Crippen LogP contribution in [0.4, 0.5) is 0 Å². The minimum Gasteiger partial charge on any atom is -0.376 e. The van der Waals surface area contributed by atoms with Crippen LogP contribution in [0.15, 0.2) is 54.6 Å². The van der Waals surface area contributed by atoms with Crippen LogP contribution in [-0.2, 0) is 11.3 Å². The first kappa shape index (κ1) is 19.8. The van der Waals surface area contributed by atoms with Gasteiger partial charge in [0.05, 0.1) is 16.0 Å². The second-order valence-corrected chi connectivity index (χ2v) is 8.79. The fraction of sp³-hybridized carbons (Fsp3) is 0.333. The Morgan fingerprint density at radius 3 is 2.59 bits per heavy atom. The van der Waals surface area contributed by atoms with E-state index in [2.05, 4.69) is 36.2 Å². The van der Waals surface area contributed by atoms with Crippen LogP contribution in [0.3, 0.4) is 0 Å². The van der Waals surface area contributed by atoms with E-state index in [-0.39, 0.29) is 12.0 Å². The Balaban J connectivity index is 1.65. The summed E-state index contributed by atoms with van der Waals surface area (Å²) >= 11 is 1.57. The Morgan fingerprint density at radius 1 is 1.14 bits per heavy atom. The third-order valence-corrected chi connectivity index (χ3v) is 6.22. The van der Waals surface area contributed by atoms with Gasteiger partial charge in [-0.3, -0.25) is 4.79 Å². The summed E-state index contributed by atoms with van der Waals surface area (Å²) in [6, 6.07) is 18.4. The summed E-state index contributed by atoms with van der Waals surface area (Å²) < 4.78 is 5.83. The van der Waals surface area contributed by atoms with Crippen LogP contribution in [0.2, 0.25) is 0 Å². The largest absolute Gasteiger partial charge is 0.376 e. The maximum Gasteiger partial charge on any atom is 0.274 e. The number of aromatic nitrogens is 1. The van der Waals surface area contributed by atoms with Crippen LogP contribution in [0.5, 0.6) is 0 Å². The first-order valence-corrected chi connectivity index (χ1v) is 10.9. The van der Waals surface area contributed by atoms with Crippen LogP contribution in [0.25, 0.3) is 10.4 Å². The molecule has 29 heavy (non-hydrogen) atoms. The predicted molar refractivity (Wildman–Crippen MR) is 117 cm³/mol. The molecule has 1 amide bonds. The smallest absolute Gasteiger partial charge is 0.274 e. The number of ether oxygens (including phenoxy) is 1. The highest BCUT2D eigenvalue weighted by atomic mass is 32.1. The highest BCUT2D eigenvalue weighted by molar-refractivity contribution is 7.15. The predicted octanol–water partition coefficient (Wildman–Crippen LogP) is 5.25. The second kappa shape index (κ2) is 8.89. The average Bonchev–Trinajstić information content (AvgIpc) is 3.39. The van der Waals surface area contributed by atoms with E-state index in [4.69, 9.17) is 4.74 Å². The van der Waals surface area contributed by atoms with E-state index >= 15 is 0 Å². The van der Waals surface area contributed by atoms with Crippen LogP contribution in [-0.4, -0.2) is 35.0 Å². The highest BCUT2D eigenvalue weighted by Gasteiger charge is 2.27. The van der Waals surface area contributed by atoms with Gasteiger partial charge in [0.1, 0.15) is 5.69 Å². The van der Waals surface area contributed by atoms with Crippen LogP contribution in [0, 0.1) is 13.8 Å². The Morgan fingerprint density at radius 2 is 1.90 bits per heavy atom. The minimum absolute atomic E-state index is 0.0238. The van der Waals surface area contributed by atoms with Gasteiger partial charge in [-0.05, 0) is 37.8 Å². The molecule has 3 aromatic rings. The summed E-state index contributed by atoms with van der Waals surface area (Å²) in [5, 5.41) is 0.902. The molecule has 0 radical (unpaired) electrons. The third-order valence-electron chi connectivity index (χ3n) is 5.20. The van der Waals surface area contributed by atoms with Gasteiger partial charge in [0.2, 0.25) is 0 Å². The molecule has 0 spiro atoms. The second-order valence-electron chi connectivity index (χ2n) is 7.58. The van der Waals surface area contributed by atoms with Crippen LogP contribution < -0.4 is 0 Å². The standard InChI is InChI=1S/C24H26N2O2S/c1-17-10-12-19(13-11-17)15-26(16-21-9-6-14-28-21)24(27)22-23(29-18(2)25-22)20-7-4-3-5-8-20/h3-5,7-8,10-13,21H,6,9,14-16H2,1-2H3. The number of hydrogen-bond donors (Lipinski definition) is 0. The molecule has 1 aromatic heterocycles. The van der Waals surface area contributed by atoms with Crippen LogP contribution in [0.1, 0.15) is 39.5 Å². The molecule has 1 aliphatic rings. The lowest BCUT2D eigenvalue weighted by Gasteiger charge is -2.25. The fourth-order valence-electron chi connectivity index (χ4n) is 3.67. The van der Waals surface area contributed by atoms with Crippen molar-refractivity contribution in [3.8, 4) is 10.4 Å². The number of nitrogens with zero attached hydrogens (tertiary/aromatic N) is 2. The lowest BCUT2D eigenvalue weighted by atomic mass is 10.1. The Labute approximate surface area is 176 Å². The van der Waals surface area contributed by atoms with Crippen molar-refractivity contribution in [1.82, 2.24) is 9.88 Å². The van der Waals surface area contributed by atoms with Crippen molar-refractivity contribution in [1.29, 1.82) is 0 Å². The van der Waals surface area contributed by atoms with Gasteiger partial charge in [-0.2, -0.15) is 0 Å². The summed E-state index contributed by atoms with van der Waals surface area (Å²) in [7, 11) is 0. The molecule has 4 rings (SSSR count). The Bertz CT molecular complexity index is 960. The van der Waals surface area contributed by atoms with E-state index in [1.54, 1.807) is 11.3 Å². The molecule has 1 aliphatic heterocycles. The van der Waals surface area contributed by atoms with Crippen molar-refractivity contribution in [2.75, 3.05) is 13.2 Å². The zero-order valence-corrected chi connectivity index (χ0v) is 17.7. The van der Waals surface area contributed by atoms with E-state index in [1.165, 1.54) is 5.56 Å². The van der Waals surface area contributed by atoms with Gasteiger partial charge in [0, 0.05) is 19.7 Å². The maximum atomic E-state index is 13.6. The molecule has 2 aromatic carbocycles. The quantitative estimate of drug-likeness (QED) is 0.562. The lowest BCUT2D eigenvalue weighted by Crippen LogP contribution is -2.37. The number of thiazole rings is 1. The molecule has 1 fully saturated rings. The number of carbonyl (C=O) groups excluding carboxylic acids is 1. The number of amides is 1. The van der Waals surface area contributed by atoms with E-state index in [1.807, 2.05) is 42.2 Å².